The molecular weight excluding hydrogens is 336 g/mol. The van der Waals surface area contributed by atoms with E-state index >= 15 is 0 Å². The van der Waals surface area contributed by atoms with Gasteiger partial charge in [-0.2, -0.15) is 0 Å². The lowest BCUT2D eigenvalue weighted by Gasteiger charge is -1.98. The molecule has 7 nitrogen and oxygen atoms in total. The van der Waals surface area contributed by atoms with Gasteiger partial charge in [-0.15, -0.1) is 21.5 Å². The summed E-state index contributed by atoms with van der Waals surface area (Å²) < 4.78 is 12.3. The van der Waals surface area contributed by atoms with Crippen LogP contribution in [0.1, 0.15) is 11.5 Å². The van der Waals surface area contributed by atoms with E-state index in [1.54, 1.807) is 18.5 Å². The van der Waals surface area contributed by atoms with E-state index in [1.807, 2.05) is 12.3 Å². The van der Waals surface area contributed by atoms with Gasteiger partial charge in [-0.05, 0) is 13.0 Å². The fourth-order valence-corrected chi connectivity index (χ4v) is 3.48. The van der Waals surface area contributed by atoms with Crippen LogP contribution in [-0.2, 0) is 5.75 Å². The second-order valence-electron chi connectivity index (χ2n) is 4.69. The van der Waals surface area contributed by atoms with Gasteiger partial charge >= 0.3 is 0 Å². The first-order chi connectivity index (χ1) is 11.2. The third-order valence-electron chi connectivity index (χ3n) is 3.20. The zero-order chi connectivity index (χ0) is 15.8. The summed E-state index contributed by atoms with van der Waals surface area (Å²) >= 11 is 2.76. The zero-order valence-electron chi connectivity index (χ0n) is 11.9. The number of thiazole rings is 1. The molecule has 0 aromatic carbocycles. The molecule has 0 saturated heterocycles. The lowest BCUT2D eigenvalue weighted by atomic mass is 10.3. The van der Waals surface area contributed by atoms with Crippen LogP contribution in [0.5, 0.6) is 0 Å². The molecule has 0 aliphatic heterocycles. The Bertz CT molecular complexity index is 1030. The molecule has 0 amide bonds. The van der Waals surface area contributed by atoms with Crippen molar-refractivity contribution in [1.29, 1.82) is 0 Å². The molecule has 0 atom stereocenters. The first-order valence-corrected chi connectivity index (χ1v) is 8.54. The molecule has 4 aromatic rings. The molecular formula is C14H10N4O3S2. The van der Waals surface area contributed by atoms with E-state index in [9.17, 15) is 4.79 Å². The number of aromatic nitrogens is 4. The highest BCUT2D eigenvalue weighted by Crippen LogP contribution is 2.27. The van der Waals surface area contributed by atoms with Crippen molar-refractivity contribution in [3.8, 4) is 11.5 Å². The van der Waals surface area contributed by atoms with Gasteiger partial charge in [-0.25, -0.2) is 4.98 Å². The van der Waals surface area contributed by atoms with E-state index in [2.05, 4.69) is 15.2 Å². The number of furan rings is 1. The second-order valence-corrected chi connectivity index (χ2v) is 6.49. The molecule has 0 fully saturated rings. The van der Waals surface area contributed by atoms with Crippen LogP contribution in [0.4, 0.5) is 0 Å². The molecule has 4 heterocycles. The fourth-order valence-electron chi connectivity index (χ4n) is 2.08. The maximum absolute atomic E-state index is 11.9. The molecule has 0 spiro atoms. The molecule has 0 saturated carbocycles. The van der Waals surface area contributed by atoms with Crippen molar-refractivity contribution in [1.82, 2.24) is 19.6 Å². The van der Waals surface area contributed by atoms with Gasteiger partial charge < -0.3 is 8.83 Å². The highest BCUT2D eigenvalue weighted by Gasteiger charge is 2.14. The molecule has 116 valence electrons. The SMILES string of the molecule is Cc1occc1-c1nnc(SCc2cc(=O)n3ccsc3n2)o1. The summed E-state index contributed by atoms with van der Waals surface area (Å²) in [6, 6.07) is 3.30. The third-order valence-corrected chi connectivity index (χ3v) is 4.80. The molecule has 0 aliphatic carbocycles. The lowest BCUT2D eigenvalue weighted by molar-refractivity contribution is 0.463. The van der Waals surface area contributed by atoms with E-state index < -0.39 is 0 Å². The van der Waals surface area contributed by atoms with Crippen LogP contribution in [0.15, 0.2) is 48.8 Å². The van der Waals surface area contributed by atoms with Crippen molar-refractivity contribution in [3.63, 3.8) is 0 Å². The maximum atomic E-state index is 11.9. The Balaban J connectivity index is 1.53. The quantitative estimate of drug-likeness (QED) is 0.525. The normalized spacial score (nSPS) is 11.3. The molecule has 4 aromatic heterocycles. The fraction of sp³-hybridized carbons (Fsp3) is 0.143. The highest BCUT2D eigenvalue weighted by molar-refractivity contribution is 7.98. The second kappa shape index (κ2) is 5.67. The highest BCUT2D eigenvalue weighted by atomic mass is 32.2. The Morgan fingerprint density at radius 3 is 3.13 bits per heavy atom. The average molecular weight is 346 g/mol. The van der Waals surface area contributed by atoms with Gasteiger partial charge in [-0.1, -0.05) is 11.8 Å². The predicted molar refractivity (Wildman–Crippen MR) is 85.6 cm³/mol. The topological polar surface area (TPSA) is 86.4 Å². The van der Waals surface area contributed by atoms with Crippen LogP contribution in [-0.4, -0.2) is 19.6 Å². The summed E-state index contributed by atoms with van der Waals surface area (Å²) in [4.78, 5) is 17.0. The summed E-state index contributed by atoms with van der Waals surface area (Å²) in [5, 5.41) is 10.3. The van der Waals surface area contributed by atoms with Crippen LogP contribution < -0.4 is 5.56 Å². The summed E-state index contributed by atoms with van der Waals surface area (Å²) in [6.45, 7) is 1.83. The number of thioether (sulfide) groups is 1. The van der Waals surface area contributed by atoms with Gasteiger partial charge in [0.1, 0.15) is 5.76 Å². The van der Waals surface area contributed by atoms with Crippen molar-refractivity contribution in [2.24, 2.45) is 0 Å². The summed E-state index contributed by atoms with van der Waals surface area (Å²) in [6.07, 6.45) is 3.29. The zero-order valence-corrected chi connectivity index (χ0v) is 13.6. The van der Waals surface area contributed by atoms with E-state index in [0.29, 0.717) is 27.5 Å². The number of hydrogen-bond donors (Lipinski definition) is 0. The van der Waals surface area contributed by atoms with Crippen LogP contribution >= 0.6 is 23.1 Å². The molecule has 9 heteroatoms. The number of hydrogen-bond acceptors (Lipinski definition) is 8. The van der Waals surface area contributed by atoms with Crippen molar-refractivity contribution >= 4 is 28.1 Å². The monoisotopic (exact) mass is 346 g/mol. The molecule has 0 unspecified atom stereocenters. The molecule has 0 radical (unpaired) electrons. The molecule has 23 heavy (non-hydrogen) atoms. The lowest BCUT2D eigenvalue weighted by Crippen LogP contribution is -2.12. The largest absolute Gasteiger partial charge is 0.469 e. The van der Waals surface area contributed by atoms with Gasteiger partial charge in [0.15, 0.2) is 4.96 Å². The average Bonchev–Trinajstić information content (AvgIpc) is 3.24. The van der Waals surface area contributed by atoms with Crippen molar-refractivity contribution in [2.75, 3.05) is 0 Å². The predicted octanol–water partition coefficient (Wildman–Crippen LogP) is 3.00. The van der Waals surface area contributed by atoms with Crippen molar-refractivity contribution in [3.05, 3.63) is 51.8 Å². The van der Waals surface area contributed by atoms with Gasteiger partial charge in [0, 0.05) is 23.4 Å². The maximum Gasteiger partial charge on any atom is 0.277 e. The minimum absolute atomic E-state index is 0.0907. The van der Waals surface area contributed by atoms with Gasteiger partial charge in [-0.3, -0.25) is 9.20 Å². The minimum Gasteiger partial charge on any atom is -0.469 e. The Kier molecular flexibility index (Phi) is 3.50. The Labute approximate surface area is 138 Å². The standard InChI is InChI=1S/C14H10N4O3S2/c1-8-10(2-4-20-8)12-16-17-14(21-12)23-7-9-6-11(19)18-3-5-22-13(18)15-9/h2-6H,7H2,1H3. The summed E-state index contributed by atoms with van der Waals surface area (Å²) in [5.74, 6) is 1.62. The number of fused-ring (bicyclic) bond motifs is 1. The molecule has 0 N–H and O–H groups in total. The summed E-state index contributed by atoms with van der Waals surface area (Å²) in [5.41, 5.74) is 1.37. The Morgan fingerprint density at radius 2 is 2.30 bits per heavy atom. The van der Waals surface area contributed by atoms with E-state index in [4.69, 9.17) is 8.83 Å². The molecule has 0 bridgehead atoms. The van der Waals surface area contributed by atoms with Gasteiger partial charge in [0.05, 0.1) is 17.5 Å². The molecule has 0 aliphatic rings. The van der Waals surface area contributed by atoms with Crippen LogP contribution in [0, 0.1) is 6.92 Å². The van der Waals surface area contributed by atoms with Gasteiger partial charge in [0.2, 0.25) is 0 Å². The van der Waals surface area contributed by atoms with Crippen LogP contribution in [0.25, 0.3) is 16.4 Å². The van der Waals surface area contributed by atoms with Crippen molar-refractivity contribution in [2.45, 2.75) is 17.9 Å². The number of aryl methyl sites for hydroxylation is 1. The van der Waals surface area contributed by atoms with E-state index in [-0.39, 0.29) is 5.56 Å². The Morgan fingerprint density at radius 1 is 1.39 bits per heavy atom. The first kappa shape index (κ1) is 14.2. The van der Waals surface area contributed by atoms with Crippen LogP contribution in [0.2, 0.25) is 0 Å². The number of rotatable bonds is 4. The van der Waals surface area contributed by atoms with Crippen molar-refractivity contribution < 1.29 is 8.83 Å². The third kappa shape index (κ3) is 2.68. The Hall–Kier alpha value is -2.39. The van der Waals surface area contributed by atoms with E-state index in [0.717, 1.165) is 11.3 Å². The summed E-state index contributed by atoms with van der Waals surface area (Å²) in [7, 11) is 0. The van der Waals surface area contributed by atoms with E-state index in [1.165, 1.54) is 33.6 Å². The molecule has 4 rings (SSSR count). The first-order valence-electron chi connectivity index (χ1n) is 6.67. The number of nitrogens with zero attached hydrogens (tertiary/aromatic N) is 4. The van der Waals surface area contributed by atoms with Gasteiger partial charge in [0.25, 0.3) is 16.7 Å². The smallest absolute Gasteiger partial charge is 0.277 e. The minimum atomic E-state index is -0.0907. The van der Waals surface area contributed by atoms with Crippen LogP contribution in [0.3, 0.4) is 0 Å².